The zero-order valence-corrected chi connectivity index (χ0v) is 15.7. The van der Waals surface area contributed by atoms with Crippen LogP contribution in [0.1, 0.15) is 6.42 Å². The van der Waals surface area contributed by atoms with Crippen molar-refractivity contribution in [3.63, 3.8) is 0 Å². The van der Waals surface area contributed by atoms with Gasteiger partial charge in [0.25, 0.3) is 0 Å². The molecule has 1 aromatic heterocycles. The third-order valence-electron chi connectivity index (χ3n) is 4.33. The number of fused-ring (bicyclic) bond motifs is 1. The Morgan fingerprint density at radius 1 is 1.15 bits per heavy atom. The van der Waals surface area contributed by atoms with E-state index in [1.54, 1.807) is 28.3 Å². The molecule has 3 aromatic rings. The molecule has 0 spiro atoms. The quantitative estimate of drug-likeness (QED) is 0.748. The van der Waals surface area contributed by atoms with E-state index < -0.39 is 0 Å². The Labute approximate surface area is 156 Å². The number of para-hydroxylation sites is 2. The maximum Gasteiger partial charge on any atom is 0.328 e. The molecule has 7 heteroatoms. The number of amides is 1. The van der Waals surface area contributed by atoms with Gasteiger partial charge in [-0.2, -0.15) is 0 Å². The van der Waals surface area contributed by atoms with Crippen LogP contribution < -0.4 is 15.9 Å². The molecule has 2 aromatic carbocycles. The number of anilines is 2. The summed E-state index contributed by atoms with van der Waals surface area (Å²) in [6.07, 6.45) is 0.188. The van der Waals surface area contributed by atoms with E-state index in [0.717, 1.165) is 16.7 Å². The van der Waals surface area contributed by atoms with Gasteiger partial charge in [0.15, 0.2) is 0 Å². The van der Waals surface area contributed by atoms with Crippen LogP contribution in [0.4, 0.5) is 11.4 Å². The van der Waals surface area contributed by atoms with Crippen molar-refractivity contribution in [2.24, 2.45) is 7.05 Å². The fourth-order valence-electron chi connectivity index (χ4n) is 3.00. The number of nitrogens with zero attached hydrogens (tertiary/aromatic N) is 3. The van der Waals surface area contributed by atoms with E-state index in [1.165, 1.54) is 0 Å². The SMILES string of the molecule is CN(C)c1ccc(Cl)cc1NC(=O)CCn1c(=O)n(C)c2ccccc21. The van der Waals surface area contributed by atoms with Crippen molar-refractivity contribution in [3.05, 3.63) is 58.0 Å². The van der Waals surface area contributed by atoms with Crippen LogP contribution in [0, 0.1) is 0 Å². The largest absolute Gasteiger partial charge is 0.376 e. The third kappa shape index (κ3) is 3.46. The molecule has 3 rings (SSSR count). The Kier molecular flexibility index (Phi) is 5.04. The second-order valence-corrected chi connectivity index (χ2v) is 6.77. The van der Waals surface area contributed by atoms with E-state index in [1.807, 2.05) is 49.3 Å². The summed E-state index contributed by atoms with van der Waals surface area (Å²) in [5, 5.41) is 3.44. The van der Waals surface area contributed by atoms with Crippen LogP contribution in [0.15, 0.2) is 47.3 Å². The van der Waals surface area contributed by atoms with Gasteiger partial charge in [0.05, 0.1) is 22.4 Å². The van der Waals surface area contributed by atoms with E-state index in [0.29, 0.717) is 17.3 Å². The van der Waals surface area contributed by atoms with Crippen LogP contribution in [0.25, 0.3) is 11.0 Å². The van der Waals surface area contributed by atoms with Crippen LogP contribution in [-0.4, -0.2) is 29.1 Å². The number of carbonyl (C=O) groups excluding carboxylic acids is 1. The molecule has 0 saturated carbocycles. The first-order chi connectivity index (χ1) is 12.4. The summed E-state index contributed by atoms with van der Waals surface area (Å²) in [6, 6.07) is 12.9. The molecule has 136 valence electrons. The van der Waals surface area contributed by atoms with Crippen molar-refractivity contribution in [1.29, 1.82) is 0 Å². The average molecular weight is 373 g/mol. The normalized spacial score (nSPS) is 10.9. The lowest BCUT2D eigenvalue weighted by atomic mass is 10.2. The summed E-state index contributed by atoms with van der Waals surface area (Å²) >= 11 is 6.05. The minimum atomic E-state index is -0.171. The average Bonchev–Trinajstić information content (AvgIpc) is 2.84. The molecule has 0 aliphatic heterocycles. The highest BCUT2D eigenvalue weighted by atomic mass is 35.5. The minimum Gasteiger partial charge on any atom is -0.376 e. The first kappa shape index (κ1) is 18.1. The summed E-state index contributed by atoms with van der Waals surface area (Å²) in [4.78, 5) is 26.8. The number of aryl methyl sites for hydroxylation is 2. The van der Waals surface area contributed by atoms with Gasteiger partial charge in [0, 0.05) is 39.1 Å². The number of imidazole rings is 1. The highest BCUT2D eigenvalue weighted by Crippen LogP contribution is 2.28. The van der Waals surface area contributed by atoms with Gasteiger partial charge in [0.1, 0.15) is 0 Å². The van der Waals surface area contributed by atoms with Crippen molar-refractivity contribution in [3.8, 4) is 0 Å². The number of hydrogen-bond acceptors (Lipinski definition) is 3. The first-order valence-corrected chi connectivity index (χ1v) is 8.67. The number of nitrogens with one attached hydrogen (secondary N) is 1. The van der Waals surface area contributed by atoms with Crippen LogP contribution in [0.2, 0.25) is 5.02 Å². The predicted octanol–water partition coefficient (Wildman–Crippen LogP) is 3.09. The van der Waals surface area contributed by atoms with Crippen molar-refractivity contribution in [1.82, 2.24) is 9.13 Å². The minimum absolute atomic E-state index is 0.129. The van der Waals surface area contributed by atoms with Crippen LogP contribution >= 0.6 is 11.6 Å². The second kappa shape index (κ2) is 7.25. The molecule has 0 bridgehead atoms. The lowest BCUT2D eigenvalue weighted by molar-refractivity contribution is -0.116. The summed E-state index contributed by atoms with van der Waals surface area (Å²) in [6.45, 7) is 0.309. The fraction of sp³-hybridized carbons (Fsp3) is 0.263. The molecule has 0 unspecified atom stereocenters. The maximum absolute atomic E-state index is 12.4. The molecular formula is C19H21ClN4O2. The number of hydrogen-bond donors (Lipinski definition) is 1. The number of carbonyl (C=O) groups is 1. The molecule has 6 nitrogen and oxygen atoms in total. The van der Waals surface area contributed by atoms with Gasteiger partial charge in [-0.25, -0.2) is 4.79 Å². The van der Waals surface area contributed by atoms with Crippen molar-refractivity contribution >= 4 is 39.9 Å². The highest BCUT2D eigenvalue weighted by molar-refractivity contribution is 6.31. The summed E-state index contributed by atoms with van der Waals surface area (Å²) in [7, 11) is 5.53. The van der Waals surface area contributed by atoms with Crippen LogP contribution in [0.5, 0.6) is 0 Å². The Balaban J connectivity index is 1.78. The van der Waals surface area contributed by atoms with Crippen LogP contribution in [0.3, 0.4) is 0 Å². The molecule has 0 fully saturated rings. The lowest BCUT2D eigenvalue weighted by Gasteiger charge is -2.18. The van der Waals surface area contributed by atoms with Gasteiger partial charge in [-0.15, -0.1) is 0 Å². The van der Waals surface area contributed by atoms with E-state index >= 15 is 0 Å². The molecule has 26 heavy (non-hydrogen) atoms. The summed E-state index contributed by atoms with van der Waals surface area (Å²) in [5.74, 6) is -0.171. The molecule has 1 heterocycles. The number of halogens is 1. The molecule has 0 radical (unpaired) electrons. The molecule has 1 N–H and O–H groups in total. The van der Waals surface area contributed by atoms with Gasteiger partial charge >= 0.3 is 5.69 Å². The molecule has 0 aliphatic rings. The summed E-state index contributed by atoms with van der Waals surface area (Å²) in [5.41, 5.74) is 3.06. The predicted molar refractivity (Wildman–Crippen MR) is 106 cm³/mol. The molecule has 0 saturated heterocycles. The topological polar surface area (TPSA) is 59.3 Å². The van der Waals surface area contributed by atoms with E-state index in [-0.39, 0.29) is 18.0 Å². The van der Waals surface area contributed by atoms with Gasteiger partial charge < -0.3 is 10.2 Å². The van der Waals surface area contributed by atoms with E-state index in [2.05, 4.69) is 5.32 Å². The Hall–Kier alpha value is -2.73. The molecule has 0 aliphatic carbocycles. The van der Waals surface area contributed by atoms with Crippen LogP contribution in [-0.2, 0) is 18.4 Å². The van der Waals surface area contributed by atoms with Crippen molar-refractivity contribution in [2.75, 3.05) is 24.3 Å². The first-order valence-electron chi connectivity index (χ1n) is 8.29. The van der Waals surface area contributed by atoms with Gasteiger partial charge in [0.2, 0.25) is 5.91 Å². The second-order valence-electron chi connectivity index (χ2n) is 6.34. The van der Waals surface area contributed by atoms with Gasteiger partial charge in [-0.05, 0) is 30.3 Å². The van der Waals surface area contributed by atoms with Gasteiger partial charge in [-0.1, -0.05) is 23.7 Å². The summed E-state index contributed by atoms with van der Waals surface area (Å²) < 4.78 is 3.22. The smallest absolute Gasteiger partial charge is 0.328 e. The number of aromatic nitrogens is 2. The Morgan fingerprint density at radius 2 is 1.85 bits per heavy atom. The monoisotopic (exact) mass is 372 g/mol. The highest BCUT2D eigenvalue weighted by Gasteiger charge is 2.13. The van der Waals surface area contributed by atoms with Crippen molar-refractivity contribution < 1.29 is 4.79 Å². The molecule has 0 atom stereocenters. The molecule has 1 amide bonds. The number of benzene rings is 2. The lowest BCUT2D eigenvalue weighted by Crippen LogP contribution is -2.25. The standard InChI is InChI=1S/C19H21ClN4O2/c1-22(2)15-9-8-13(20)12-14(15)21-18(25)10-11-24-17-7-5-4-6-16(17)23(3)19(24)26/h4-9,12H,10-11H2,1-3H3,(H,21,25). The molecular weight excluding hydrogens is 352 g/mol. The van der Waals surface area contributed by atoms with E-state index in [4.69, 9.17) is 11.6 Å². The Morgan fingerprint density at radius 3 is 2.54 bits per heavy atom. The van der Waals surface area contributed by atoms with Gasteiger partial charge in [-0.3, -0.25) is 13.9 Å². The Bertz CT molecular complexity index is 1020. The third-order valence-corrected chi connectivity index (χ3v) is 4.56. The number of rotatable bonds is 5. The fourth-order valence-corrected chi connectivity index (χ4v) is 3.18. The zero-order chi connectivity index (χ0) is 18.8. The van der Waals surface area contributed by atoms with E-state index in [9.17, 15) is 9.59 Å². The maximum atomic E-state index is 12.4. The van der Waals surface area contributed by atoms with Crippen molar-refractivity contribution in [2.45, 2.75) is 13.0 Å². The zero-order valence-electron chi connectivity index (χ0n) is 15.0.